The number of hydrogen-bond donors (Lipinski definition) is 2. The third-order valence-electron chi connectivity index (χ3n) is 6.16. The fraction of sp³-hybridized carbons (Fsp3) is 0.391. The molecule has 0 saturated carbocycles. The van der Waals surface area contributed by atoms with E-state index in [9.17, 15) is 14.0 Å². The van der Waals surface area contributed by atoms with Crippen LogP contribution in [0.3, 0.4) is 0 Å². The van der Waals surface area contributed by atoms with Crippen molar-refractivity contribution in [2.45, 2.75) is 31.3 Å². The lowest BCUT2D eigenvalue weighted by molar-refractivity contribution is -0.125. The van der Waals surface area contributed by atoms with Crippen molar-refractivity contribution in [3.63, 3.8) is 0 Å². The van der Waals surface area contributed by atoms with E-state index in [0.717, 1.165) is 23.2 Å². The first-order chi connectivity index (χ1) is 14.9. The number of nitrogens with one attached hydrogen (secondary N) is 2. The molecule has 0 bridgehead atoms. The predicted octanol–water partition coefficient (Wildman–Crippen LogP) is 3.14. The third kappa shape index (κ3) is 4.60. The monoisotopic (exact) mass is 488 g/mol. The molecule has 2 aromatic rings. The minimum Gasteiger partial charge on any atom is -0.348 e. The van der Waals surface area contributed by atoms with Gasteiger partial charge in [0, 0.05) is 41.4 Å². The van der Waals surface area contributed by atoms with Crippen molar-refractivity contribution in [3.8, 4) is 0 Å². The maximum absolute atomic E-state index is 13.7. The van der Waals surface area contributed by atoms with E-state index in [1.807, 2.05) is 30.0 Å². The highest BCUT2D eigenvalue weighted by Crippen LogP contribution is 2.36. The number of amides is 2. The number of anilines is 1. The van der Waals surface area contributed by atoms with E-state index < -0.39 is 5.54 Å². The summed E-state index contributed by atoms with van der Waals surface area (Å²) in [6, 6.07) is 13.7. The van der Waals surface area contributed by atoms with Gasteiger partial charge in [0.05, 0.1) is 6.67 Å². The molecule has 2 aromatic carbocycles. The van der Waals surface area contributed by atoms with Gasteiger partial charge < -0.3 is 20.4 Å². The van der Waals surface area contributed by atoms with Crippen LogP contribution in [0.15, 0.2) is 53.0 Å². The number of carbonyl (C=O) groups excluding carboxylic acids is 2. The highest BCUT2D eigenvalue weighted by atomic mass is 79.9. The maximum Gasteiger partial charge on any atom is 0.251 e. The van der Waals surface area contributed by atoms with Crippen LogP contribution in [0.4, 0.5) is 10.1 Å². The number of halogens is 2. The summed E-state index contributed by atoms with van der Waals surface area (Å²) in [5.41, 5.74) is 0.705. The zero-order chi connectivity index (χ0) is 22.0. The van der Waals surface area contributed by atoms with E-state index in [1.54, 1.807) is 18.2 Å². The van der Waals surface area contributed by atoms with Crippen molar-refractivity contribution in [3.05, 3.63) is 64.4 Å². The van der Waals surface area contributed by atoms with Crippen molar-refractivity contribution >= 4 is 33.4 Å². The van der Waals surface area contributed by atoms with Crippen LogP contribution < -0.4 is 15.5 Å². The second-order valence-electron chi connectivity index (χ2n) is 8.29. The Morgan fingerprint density at radius 1 is 1.23 bits per heavy atom. The number of benzene rings is 2. The van der Waals surface area contributed by atoms with Crippen molar-refractivity contribution in [2.24, 2.45) is 0 Å². The molecule has 1 atom stereocenters. The molecular weight excluding hydrogens is 463 g/mol. The van der Waals surface area contributed by atoms with Gasteiger partial charge in [-0.15, -0.1) is 0 Å². The normalized spacial score (nSPS) is 19.3. The number of hydrogen-bond acceptors (Lipinski definition) is 4. The summed E-state index contributed by atoms with van der Waals surface area (Å²) in [4.78, 5) is 29.5. The van der Waals surface area contributed by atoms with Gasteiger partial charge in [0.1, 0.15) is 11.4 Å². The predicted molar refractivity (Wildman–Crippen MR) is 121 cm³/mol. The Kier molecular flexibility index (Phi) is 6.29. The molecule has 0 unspecified atom stereocenters. The number of carbonyl (C=O) groups is 2. The molecule has 31 heavy (non-hydrogen) atoms. The van der Waals surface area contributed by atoms with Crippen LogP contribution in [0.5, 0.6) is 0 Å². The number of likely N-dealkylation sites (tertiary alicyclic amines) is 1. The minimum atomic E-state index is -0.645. The maximum atomic E-state index is 13.7. The second-order valence-corrected chi connectivity index (χ2v) is 9.20. The van der Waals surface area contributed by atoms with Crippen molar-refractivity contribution in [1.29, 1.82) is 0 Å². The number of rotatable bonds is 5. The Morgan fingerprint density at radius 3 is 2.61 bits per heavy atom. The summed E-state index contributed by atoms with van der Waals surface area (Å²) in [5, 5.41) is 5.98. The molecule has 2 aliphatic heterocycles. The van der Waals surface area contributed by atoms with Gasteiger partial charge in [-0.05, 0) is 62.2 Å². The topological polar surface area (TPSA) is 64.7 Å². The van der Waals surface area contributed by atoms with Crippen LogP contribution in [-0.4, -0.2) is 54.6 Å². The first-order valence-corrected chi connectivity index (χ1v) is 11.3. The van der Waals surface area contributed by atoms with Gasteiger partial charge in [-0.25, -0.2) is 4.39 Å². The molecule has 8 heteroatoms. The molecule has 2 saturated heterocycles. The zero-order valence-electron chi connectivity index (χ0n) is 17.4. The Morgan fingerprint density at radius 2 is 1.94 bits per heavy atom. The second kappa shape index (κ2) is 8.96. The highest BCUT2D eigenvalue weighted by molar-refractivity contribution is 9.10. The molecule has 2 aliphatic rings. The SMILES string of the molecule is C[C@H](CN1CCC2(CC1)C(=O)NCN2c1cccc(F)c1)NC(=O)c1ccc(Br)cc1. The summed E-state index contributed by atoms with van der Waals surface area (Å²) in [5.74, 6) is -0.395. The lowest BCUT2D eigenvalue weighted by atomic mass is 9.85. The number of piperidine rings is 1. The van der Waals surface area contributed by atoms with Gasteiger partial charge in [0.25, 0.3) is 5.91 Å². The molecule has 2 N–H and O–H groups in total. The first kappa shape index (κ1) is 21.8. The van der Waals surface area contributed by atoms with Gasteiger partial charge in [0.2, 0.25) is 5.91 Å². The standard InChI is InChI=1S/C23H26BrFN4O2/c1-16(27-21(30)17-5-7-18(24)8-6-17)14-28-11-9-23(10-12-28)22(31)26-15-29(23)20-4-2-3-19(25)13-20/h2-8,13,16H,9-12,14-15H2,1H3,(H,26,31)(H,27,30)/t16-/m1/s1. The van der Waals surface area contributed by atoms with E-state index in [0.29, 0.717) is 31.6 Å². The third-order valence-corrected chi connectivity index (χ3v) is 6.68. The summed E-state index contributed by atoms with van der Waals surface area (Å²) in [7, 11) is 0. The Balaban J connectivity index is 1.35. The summed E-state index contributed by atoms with van der Waals surface area (Å²) in [6.45, 7) is 4.56. The van der Waals surface area contributed by atoms with E-state index in [4.69, 9.17) is 0 Å². The molecule has 2 fully saturated rings. The van der Waals surface area contributed by atoms with Crippen molar-refractivity contribution < 1.29 is 14.0 Å². The zero-order valence-corrected chi connectivity index (χ0v) is 19.0. The quantitative estimate of drug-likeness (QED) is 0.678. The lowest BCUT2D eigenvalue weighted by Gasteiger charge is -2.43. The largest absolute Gasteiger partial charge is 0.348 e. The Hall–Kier alpha value is -2.45. The van der Waals surface area contributed by atoms with Gasteiger partial charge in [-0.2, -0.15) is 0 Å². The van der Waals surface area contributed by atoms with E-state index in [2.05, 4.69) is 31.5 Å². The van der Waals surface area contributed by atoms with E-state index >= 15 is 0 Å². The van der Waals surface area contributed by atoms with Crippen molar-refractivity contribution in [2.75, 3.05) is 31.2 Å². The Labute approximate surface area is 189 Å². The lowest BCUT2D eigenvalue weighted by Crippen LogP contribution is -2.57. The first-order valence-electron chi connectivity index (χ1n) is 10.5. The molecule has 6 nitrogen and oxygen atoms in total. The molecule has 0 radical (unpaired) electrons. The molecule has 2 heterocycles. The molecule has 0 aromatic heterocycles. The van der Waals surface area contributed by atoms with Gasteiger partial charge in [-0.1, -0.05) is 22.0 Å². The van der Waals surface area contributed by atoms with Crippen LogP contribution in [0.2, 0.25) is 0 Å². The van der Waals surface area contributed by atoms with Crippen LogP contribution in [0.1, 0.15) is 30.1 Å². The summed E-state index contributed by atoms with van der Waals surface area (Å²) in [6.07, 6.45) is 1.31. The average Bonchev–Trinajstić information content (AvgIpc) is 3.06. The van der Waals surface area contributed by atoms with Gasteiger partial charge in [0.15, 0.2) is 0 Å². The molecular formula is C23H26BrFN4O2. The van der Waals surface area contributed by atoms with E-state index in [1.165, 1.54) is 12.1 Å². The fourth-order valence-corrected chi connectivity index (χ4v) is 4.78. The highest BCUT2D eigenvalue weighted by Gasteiger charge is 2.50. The number of nitrogens with zero attached hydrogens (tertiary/aromatic N) is 2. The van der Waals surface area contributed by atoms with Crippen LogP contribution >= 0.6 is 15.9 Å². The summed E-state index contributed by atoms with van der Waals surface area (Å²) >= 11 is 3.37. The van der Waals surface area contributed by atoms with Crippen molar-refractivity contribution in [1.82, 2.24) is 15.5 Å². The van der Waals surface area contributed by atoms with E-state index in [-0.39, 0.29) is 23.7 Å². The van der Waals surface area contributed by atoms with Gasteiger partial charge >= 0.3 is 0 Å². The Bertz CT molecular complexity index is 960. The minimum absolute atomic E-state index is 0.00741. The molecule has 164 valence electrons. The van der Waals surface area contributed by atoms with Crippen LogP contribution in [0.25, 0.3) is 0 Å². The molecule has 0 aliphatic carbocycles. The molecule has 1 spiro atoms. The smallest absolute Gasteiger partial charge is 0.251 e. The van der Waals surface area contributed by atoms with Gasteiger partial charge in [-0.3, -0.25) is 9.59 Å². The van der Waals surface area contributed by atoms with Crippen LogP contribution in [0, 0.1) is 5.82 Å². The average molecular weight is 489 g/mol. The summed E-state index contributed by atoms with van der Waals surface area (Å²) < 4.78 is 14.7. The fourth-order valence-electron chi connectivity index (χ4n) is 4.52. The van der Waals surface area contributed by atoms with Crippen LogP contribution in [-0.2, 0) is 4.79 Å². The molecule has 4 rings (SSSR count). The molecule has 2 amide bonds.